The van der Waals surface area contributed by atoms with Gasteiger partial charge in [0.15, 0.2) is 6.10 Å². The molecule has 0 aromatic carbocycles. The molecule has 2 atom stereocenters. The number of ether oxygens (including phenoxy) is 2. The fourth-order valence-corrected chi connectivity index (χ4v) is 6.46. The highest BCUT2D eigenvalue weighted by Gasteiger charge is 2.27. The summed E-state index contributed by atoms with van der Waals surface area (Å²) < 4.78 is 34.2. The molecule has 10 heteroatoms. The van der Waals surface area contributed by atoms with Gasteiger partial charge in [-0.1, -0.05) is 164 Å². The third-order valence-corrected chi connectivity index (χ3v) is 10.2. The van der Waals surface area contributed by atoms with Crippen LogP contribution >= 0.6 is 7.82 Å². The second-order valence-corrected chi connectivity index (χ2v) is 17.5. The standard InChI is InChI=1S/C48H84NO8P/c1-6-8-10-12-14-16-17-18-19-20-21-22-23-24-25-26-27-28-29-30-31-33-35-37-39-41-48(51)57-46(45-56-58(52,53)55-43-42-49(3,4)5)44-54-47(50)40-38-36-34-32-15-13-11-9-7-2/h8,10,14,16,18-19,21-22,24-25,27-28,46H,6-7,9,11-13,15,17,20,23,26,29-45H2,1-5H3/p+1/b10-8-,16-14-,19-18-,22-21-,25-24-,28-27-. The Kier molecular flexibility index (Phi) is 38.1. The van der Waals surface area contributed by atoms with E-state index in [0.29, 0.717) is 17.4 Å². The summed E-state index contributed by atoms with van der Waals surface area (Å²) in [5.41, 5.74) is 0. The summed E-state index contributed by atoms with van der Waals surface area (Å²) in [6.07, 6.45) is 49.6. The maximum absolute atomic E-state index is 12.7. The predicted molar refractivity (Wildman–Crippen MR) is 242 cm³/mol. The van der Waals surface area contributed by atoms with E-state index in [9.17, 15) is 19.0 Å². The molecule has 0 aliphatic carbocycles. The van der Waals surface area contributed by atoms with Crippen LogP contribution in [-0.2, 0) is 32.7 Å². The van der Waals surface area contributed by atoms with Gasteiger partial charge in [0.05, 0.1) is 27.7 Å². The van der Waals surface area contributed by atoms with E-state index in [0.717, 1.165) is 96.3 Å². The van der Waals surface area contributed by atoms with Crippen molar-refractivity contribution in [2.24, 2.45) is 0 Å². The van der Waals surface area contributed by atoms with Crippen molar-refractivity contribution in [2.45, 2.75) is 174 Å². The van der Waals surface area contributed by atoms with Gasteiger partial charge < -0.3 is 18.9 Å². The van der Waals surface area contributed by atoms with E-state index >= 15 is 0 Å². The summed E-state index contributed by atoms with van der Waals surface area (Å²) in [5.74, 6) is -0.823. The molecule has 0 aliphatic rings. The number of phosphoric ester groups is 1. The van der Waals surface area contributed by atoms with Gasteiger partial charge in [-0.05, 0) is 64.2 Å². The third-order valence-electron chi connectivity index (χ3n) is 9.25. The van der Waals surface area contributed by atoms with E-state index in [4.69, 9.17) is 18.5 Å². The van der Waals surface area contributed by atoms with Crippen LogP contribution in [0.2, 0.25) is 0 Å². The number of esters is 2. The Bertz CT molecular complexity index is 1220. The van der Waals surface area contributed by atoms with Gasteiger partial charge >= 0.3 is 19.8 Å². The Morgan fingerprint density at radius 2 is 0.983 bits per heavy atom. The highest BCUT2D eigenvalue weighted by molar-refractivity contribution is 7.47. The summed E-state index contributed by atoms with van der Waals surface area (Å²) in [5, 5.41) is 0. The maximum Gasteiger partial charge on any atom is 0.472 e. The Morgan fingerprint density at radius 1 is 0.552 bits per heavy atom. The van der Waals surface area contributed by atoms with Crippen LogP contribution < -0.4 is 0 Å². The zero-order chi connectivity index (χ0) is 42.8. The van der Waals surface area contributed by atoms with Gasteiger partial charge in [-0.3, -0.25) is 18.6 Å². The fourth-order valence-electron chi connectivity index (χ4n) is 5.72. The molecule has 2 unspecified atom stereocenters. The molecule has 0 radical (unpaired) electrons. The average molecular weight is 835 g/mol. The van der Waals surface area contributed by atoms with Gasteiger partial charge in [0.2, 0.25) is 0 Å². The minimum Gasteiger partial charge on any atom is -0.462 e. The van der Waals surface area contributed by atoms with Gasteiger partial charge in [-0.25, -0.2) is 4.57 Å². The lowest BCUT2D eigenvalue weighted by Gasteiger charge is -2.24. The van der Waals surface area contributed by atoms with Crippen LogP contribution in [0.3, 0.4) is 0 Å². The zero-order valence-corrected chi connectivity index (χ0v) is 38.4. The number of hydrogen-bond acceptors (Lipinski definition) is 7. The van der Waals surface area contributed by atoms with E-state index < -0.39 is 26.5 Å². The van der Waals surface area contributed by atoms with Crippen molar-refractivity contribution < 1.29 is 42.1 Å². The number of carbonyl (C=O) groups excluding carboxylic acids is 2. The molecule has 0 amide bonds. The summed E-state index contributed by atoms with van der Waals surface area (Å²) in [6, 6.07) is 0. The zero-order valence-electron chi connectivity index (χ0n) is 37.5. The molecule has 0 aliphatic heterocycles. The molecule has 0 heterocycles. The van der Waals surface area contributed by atoms with E-state index in [-0.39, 0.29) is 32.0 Å². The SMILES string of the molecule is CC/C=C\C/C=C\C/C=C\C/C=C\C/C=C\C/C=C\CCCCCCCCC(=O)OC(COC(=O)CCCCCCCCCCC)COP(=O)(O)OCC[N+](C)(C)C. The molecule has 0 rings (SSSR count). The molecule has 0 spiro atoms. The number of hydrogen-bond donors (Lipinski definition) is 1. The number of rotatable bonds is 40. The Hall–Kier alpha value is -2.55. The van der Waals surface area contributed by atoms with E-state index in [1.807, 2.05) is 21.1 Å². The van der Waals surface area contributed by atoms with E-state index in [1.54, 1.807) is 0 Å². The average Bonchev–Trinajstić information content (AvgIpc) is 3.17. The third kappa shape index (κ3) is 43.0. The minimum atomic E-state index is -4.38. The number of phosphoric acid groups is 1. The molecule has 0 saturated heterocycles. The van der Waals surface area contributed by atoms with Crippen LogP contribution in [-0.4, -0.2) is 74.9 Å². The number of nitrogens with zero attached hydrogens (tertiary/aromatic N) is 1. The van der Waals surface area contributed by atoms with Crippen molar-refractivity contribution in [3.05, 3.63) is 72.9 Å². The van der Waals surface area contributed by atoms with Gasteiger partial charge in [-0.2, -0.15) is 0 Å². The second kappa shape index (κ2) is 39.9. The largest absolute Gasteiger partial charge is 0.472 e. The van der Waals surface area contributed by atoms with E-state index in [2.05, 4.69) is 86.8 Å². The highest BCUT2D eigenvalue weighted by Crippen LogP contribution is 2.43. The number of quaternary nitrogens is 1. The normalized spacial score (nSPS) is 14.2. The van der Waals surface area contributed by atoms with Crippen LogP contribution in [0.25, 0.3) is 0 Å². The summed E-state index contributed by atoms with van der Waals surface area (Å²) in [4.78, 5) is 35.3. The lowest BCUT2D eigenvalue weighted by Crippen LogP contribution is -2.37. The molecule has 0 bridgehead atoms. The minimum absolute atomic E-state index is 0.0258. The molecule has 9 nitrogen and oxygen atoms in total. The topological polar surface area (TPSA) is 108 Å². The van der Waals surface area contributed by atoms with Crippen molar-refractivity contribution in [3.63, 3.8) is 0 Å². The summed E-state index contributed by atoms with van der Waals surface area (Å²) >= 11 is 0. The van der Waals surface area contributed by atoms with Crippen LogP contribution in [0.1, 0.15) is 168 Å². The van der Waals surface area contributed by atoms with Crippen molar-refractivity contribution in [1.29, 1.82) is 0 Å². The molecule has 334 valence electrons. The first-order valence-electron chi connectivity index (χ1n) is 22.7. The maximum atomic E-state index is 12.7. The lowest BCUT2D eigenvalue weighted by atomic mass is 10.1. The summed E-state index contributed by atoms with van der Waals surface area (Å²) in [6.45, 7) is 4.25. The van der Waals surface area contributed by atoms with Crippen molar-refractivity contribution in [3.8, 4) is 0 Å². The molecule has 0 aromatic heterocycles. The van der Waals surface area contributed by atoms with Gasteiger partial charge in [0.25, 0.3) is 0 Å². The second-order valence-electron chi connectivity index (χ2n) is 16.1. The molecule has 0 fully saturated rings. The number of likely N-dealkylation sites (N-methyl/N-ethyl adjacent to an activating group) is 1. The number of allylic oxidation sites excluding steroid dienone is 12. The quantitative estimate of drug-likeness (QED) is 0.0214. The first-order chi connectivity index (χ1) is 28.0. The van der Waals surface area contributed by atoms with Crippen LogP contribution in [0, 0.1) is 0 Å². The fraction of sp³-hybridized carbons (Fsp3) is 0.708. The Morgan fingerprint density at radius 3 is 1.47 bits per heavy atom. The van der Waals surface area contributed by atoms with Gasteiger partial charge in [-0.15, -0.1) is 0 Å². The predicted octanol–water partition coefficient (Wildman–Crippen LogP) is 13.0. The van der Waals surface area contributed by atoms with Crippen molar-refractivity contribution in [1.82, 2.24) is 0 Å². The molecule has 0 saturated carbocycles. The molecule has 58 heavy (non-hydrogen) atoms. The first kappa shape index (κ1) is 55.5. The first-order valence-corrected chi connectivity index (χ1v) is 24.2. The Labute approximate surface area is 355 Å². The summed E-state index contributed by atoms with van der Waals surface area (Å²) in [7, 11) is 1.46. The van der Waals surface area contributed by atoms with Gasteiger partial charge in [0.1, 0.15) is 19.8 Å². The van der Waals surface area contributed by atoms with Crippen molar-refractivity contribution in [2.75, 3.05) is 47.5 Å². The van der Waals surface area contributed by atoms with Crippen LogP contribution in [0.4, 0.5) is 0 Å². The lowest BCUT2D eigenvalue weighted by molar-refractivity contribution is -0.870. The monoisotopic (exact) mass is 835 g/mol. The van der Waals surface area contributed by atoms with E-state index in [1.165, 1.54) is 38.5 Å². The molecule has 1 N–H and O–H groups in total. The molecular weight excluding hydrogens is 750 g/mol. The van der Waals surface area contributed by atoms with Crippen LogP contribution in [0.5, 0.6) is 0 Å². The molecular formula is C48H85NO8P+. The van der Waals surface area contributed by atoms with Crippen LogP contribution in [0.15, 0.2) is 72.9 Å². The number of unbranched alkanes of at least 4 members (excludes halogenated alkanes) is 14. The van der Waals surface area contributed by atoms with Crippen molar-refractivity contribution >= 4 is 19.8 Å². The smallest absolute Gasteiger partial charge is 0.462 e. The number of carbonyl (C=O) groups is 2. The highest BCUT2D eigenvalue weighted by atomic mass is 31.2. The van der Waals surface area contributed by atoms with Gasteiger partial charge in [0, 0.05) is 12.8 Å². The Balaban J connectivity index is 4.29. The molecule has 0 aromatic rings.